The summed E-state index contributed by atoms with van der Waals surface area (Å²) < 4.78 is 13.9. The topological polar surface area (TPSA) is 162 Å². The normalized spacial score (nSPS) is 11.7. The average molecular weight is 951 g/mol. The molecule has 7 heterocycles. The van der Waals surface area contributed by atoms with Crippen LogP contribution in [-0.2, 0) is 27.2 Å². The van der Waals surface area contributed by atoms with Crippen LogP contribution in [0.25, 0.3) is 84.1 Å². The number of pyridine rings is 1. The molecule has 0 amide bonds. The Kier molecular flexibility index (Phi) is 11.8. The Balaban J connectivity index is 0.000000156. The second kappa shape index (κ2) is 18.7. The third-order valence-electron chi connectivity index (χ3n) is 13.3. The van der Waals surface area contributed by atoms with Crippen molar-refractivity contribution < 1.29 is 4.52 Å². The number of fused-ring (bicyclic) bond motifs is 4. The molecule has 0 aliphatic rings. The Bertz CT molecular complexity index is 3810. The van der Waals surface area contributed by atoms with Crippen LogP contribution in [0.15, 0.2) is 172 Å². The largest absolute Gasteiger partial charge is 0.356 e. The number of rotatable bonds is 10. The van der Waals surface area contributed by atoms with Crippen molar-refractivity contribution in [3.63, 3.8) is 0 Å². The van der Waals surface area contributed by atoms with Gasteiger partial charge in [-0.1, -0.05) is 148 Å². The van der Waals surface area contributed by atoms with E-state index in [1.165, 1.54) is 11.1 Å². The Morgan fingerprint density at radius 3 is 1.60 bits per heavy atom. The molecular formula is C57H50N12O3. The molecular weight excluding hydrogens is 901 g/mol. The van der Waals surface area contributed by atoms with Crippen molar-refractivity contribution in [2.24, 2.45) is 14.1 Å². The molecule has 72 heavy (non-hydrogen) atoms. The zero-order chi connectivity index (χ0) is 49.6. The highest BCUT2D eigenvalue weighted by Crippen LogP contribution is 2.31. The van der Waals surface area contributed by atoms with Crippen molar-refractivity contribution in [1.29, 1.82) is 0 Å². The third-order valence-corrected chi connectivity index (χ3v) is 13.3. The van der Waals surface area contributed by atoms with E-state index in [1.54, 1.807) is 57.3 Å². The summed E-state index contributed by atoms with van der Waals surface area (Å²) in [5, 5.41) is 9.21. The van der Waals surface area contributed by atoms with Gasteiger partial charge in [0, 0.05) is 41.7 Å². The second-order valence-corrected chi connectivity index (χ2v) is 18.5. The van der Waals surface area contributed by atoms with Crippen molar-refractivity contribution in [2.75, 3.05) is 0 Å². The highest BCUT2D eigenvalue weighted by molar-refractivity contribution is 5.91. The van der Waals surface area contributed by atoms with Gasteiger partial charge in [-0.05, 0) is 57.9 Å². The van der Waals surface area contributed by atoms with Crippen LogP contribution in [-0.4, -0.2) is 58.0 Å². The van der Waals surface area contributed by atoms with Gasteiger partial charge >= 0.3 is 11.4 Å². The maximum absolute atomic E-state index is 13.2. The molecule has 15 heteroatoms. The van der Waals surface area contributed by atoms with Crippen LogP contribution in [0.2, 0.25) is 0 Å². The Hall–Kier alpha value is -9.11. The number of nitrogens with zero attached hydrogens (tertiary/aromatic N) is 12. The number of hydrogen-bond acceptors (Lipinski definition) is 10. The Morgan fingerprint density at radius 1 is 0.528 bits per heavy atom. The maximum atomic E-state index is 13.2. The van der Waals surface area contributed by atoms with Crippen LogP contribution in [0.4, 0.5) is 0 Å². The number of aromatic nitrogens is 12. The van der Waals surface area contributed by atoms with Crippen LogP contribution < -0.4 is 11.4 Å². The zero-order valence-corrected chi connectivity index (χ0v) is 40.7. The lowest BCUT2D eigenvalue weighted by Crippen LogP contribution is -2.22. The summed E-state index contributed by atoms with van der Waals surface area (Å²) in [4.78, 5) is 49.5. The zero-order valence-electron chi connectivity index (χ0n) is 40.7. The van der Waals surface area contributed by atoms with Crippen LogP contribution in [0, 0.1) is 0 Å². The molecule has 0 fully saturated rings. The van der Waals surface area contributed by atoms with E-state index < -0.39 is 0 Å². The fraction of sp³-hybridized carbons (Fsp3) is 0.175. The predicted molar refractivity (Wildman–Crippen MR) is 281 cm³/mol. The number of benzene rings is 5. The van der Waals surface area contributed by atoms with Crippen LogP contribution in [0.5, 0.6) is 0 Å². The van der Waals surface area contributed by atoms with Gasteiger partial charge in [-0.25, -0.2) is 39.0 Å². The van der Waals surface area contributed by atoms with Gasteiger partial charge in [-0.3, -0.25) is 18.3 Å². The average Bonchev–Trinajstić information content (AvgIpc) is 4.20. The van der Waals surface area contributed by atoms with Crippen molar-refractivity contribution in [1.82, 2.24) is 58.0 Å². The predicted octanol–water partition coefficient (Wildman–Crippen LogP) is 10.5. The molecule has 12 aromatic rings. The van der Waals surface area contributed by atoms with Gasteiger partial charge in [0.2, 0.25) is 0 Å². The number of imidazole rings is 2. The van der Waals surface area contributed by atoms with Crippen LogP contribution in [0.1, 0.15) is 61.8 Å². The summed E-state index contributed by atoms with van der Waals surface area (Å²) in [7, 11) is 3.52. The van der Waals surface area contributed by atoms with Crippen LogP contribution >= 0.6 is 0 Å². The molecule has 0 saturated carbocycles. The molecule has 0 bridgehead atoms. The lowest BCUT2D eigenvalue weighted by Gasteiger charge is -2.11. The molecule has 5 aromatic carbocycles. The first-order valence-electron chi connectivity index (χ1n) is 23.9. The highest BCUT2D eigenvalue weighted by atomic mass is 16.5. The molecule has 0 aliphatic carbocycles. The molecule has 0 radical (unpaired) electrons. The molecule has 7 aromatic heterocycles. The molecule has 0 spiro atoms. The van der Waals surface area contributed by atoms with Crippen molar-refractivity contribution in [3.8, 4) is 45.2 Å². The summed E-state index contributed by atoms with van der Waals surface area (Å²) >= 11 is 0. The van der Waals surface area contributed by atoms with E-state index in [9.17, 15) is 9.59 Å². The van der Waals surface area contributed by atoms with Crippen LogP contribution in [0.3, 0.4) is 0 Å². The number of aryl methyl sites for hydroxylation is 2. The van der Waals surface area contributed by atoms with Crippen molar-refractivity contribution >= 4 is 38.9 Å². The quantitative estimate of drug-likeness (QED) is 0.129. The lowest BCUT2D eigenvalue weighted by molar-refractivity contribution is 0.457. The summed E-state index contributed by atoms with van der Waals surface area (Å²) in [5.41, 5.74) is 14.3. The van der Waals surface area contributed by atoms with Gasteiger partial charge < -0.3 is 4.52 Å². The van der Waals surface area contributed by atoms with Gasteiger partial charge in [0.15, 0.2) is 34.2 Å². The number of para-hydroxylation sites is 1. The monoisotopic (exact) mass is 950 g/mol. The minimum atomic E-state index is -0.121. The fourth-order valence-corrected chi connectivity index (χ4v) is 9.43. The molecule has 0 unspecified atom stereocenters. The first-order valence-corrected chi connectivity index (χ1v) is 23.9. The van der Waals surface area contributed by atoms with Gasteiger partial charge in [0.05, 0.1) is 37.4 Å². The Labute approximate surface area is 413 Å². The Morgan fingerprint density at radius 2 is 1.04 bits per heavy atom. The maximum Gasteiger partial charge on any atom is 0.330 e. The van der Waals surface area contributed by atoms with Crippen molar-refractivity contribution in [2.45, 2.75) is 52.6 Å². The lowest BCUT2D eigenvalue weighted by atomic mass is 9.97. The minimum absolute atomic E-state index is 0.120. The van der Waals surface area contributed by atoms with Crippen molar-refractivity contribution in [3.05, 3.63) is 202 Å². The van der Waals surface area contributed by atoms with E-state index in [1.807, 2.05) is 126 Å². The van der Waals surface area contributed by atoms with Gasteiger partial charge in [-0.15, -0.1) is 0 Å². The first-order chi connectivity index (χ1) is 35.0. The molecule has 0 N–H and O–H groups in total. The van der Waals surface area contributed by atoms with E-state index in [0.717, 1.165) is 61.3 Å². The van der Waals surface area contributed by atoms with E-state index in [4.69, 9.17) is 14.5 Å². The van der Waals surface area contributed by atoms with E-state index in [0.29, 0.717) is 58.9 Å². The summed E-state index contributed by atoms with van der Waals surface area (Å²) in [6.45, 7) is 9.44. The summed E-state index contributed by atoms with van der Waals surface area (Å²) in [5.74, 6) is 1.92. The first kappa shape index (κ1) is 45.3. The molecule has 0 aliphatic heterocycles. The summed E-state index contributed by atoms with van der Waals surface area (Å²) in [6.07, 6.45) is 6.76. The van der Waals surface area contributed by atoms with Gasteiger partial charge in [0.1, 0.15) is 17.4 Å². The van der Waals surface area contributed by atoms with E-state index in [2.05, 4.69) is 65.0 Å². The van der Waals surface area contributed by atoms with E-state index >= 15 is 0 Å². The summed E-state index contributed by atoms with van der Waals surface area (Å²) in [6, 6.07) is 44.5. The highest BCUT2D eigenvalue weighted by Gasteiger charge is 2.20. The minimum Gasteiger partial charge on any atom is -0.356 e. The molecule has 356 valence electrons. The fourth-order valence-electron chi connectivity index (χ4n) is 9.43. The third kappa shape index (κ3) is 8.23. The molecule has 0 atom stereocenters. The smallest absolute Gasteiger partial charge is 0.330 e. The SMILES string of the molecule is CC(C)c1ccccc1-c1ncc2c(n1)n(Cc1ccc(-c3cccc4cnoc34)cc1)c(=O)n2C.CC(C)c1ccccc1-c1ncc2c(n1)n(Cc1ccc(-c3cccc4ncnn34)cc1)c(=O)n2C. The van der Waals surface area contributed by atoms with E-state index in [-0.39, 0.29) is 11.4 Å². The molecule has 0 saturated heterocycles. The standard InChI is InChI=1S/C29H25N5O2.C28H25N7O/c1-18(2)22-8-4-5-9-24(22)27-30-16-25-28(32-27)34(29(35)33(25)3)17-19-11-13-20(14-12-19)23-10-6-7-21-15-31-36-26(21)23;1-18(2)21-7-4-5-8-22(21)26-29-15-24-27(32-26)34(28(36)33(24)3)16-19-11-13-20(14-12-19)23-9-6-10-25-30-17-31-35(23)25/h4-16,18H,17H2,1-3H3;4-15,17-18H,16H2,1-3H3. The molecule has 15 nitrogen and oxygen atoms in total. The second-order valence-electron chi connectivity index (χ2n) is 18.5. The number of hydrogen-bond donors (Lipinski definition) is 0. The molecule has 12 rings (SSSR count). The van der Waals surface area contributed by atoms with Gasteiger partial charge in [-0.2, -0.15) is 5.10 Å². The van der Waals surface area contributed by atoms with Gasteiger partial charge in [0.25, 0.3) is 0 Å².